The molecule has 0 bridgehead atoms. The molecule has 0 aliphatic carbocycles. The van der Waals surface area contributed by atoms with E-state index in [1.165, 1.54) is 11.3 Å². The van der Waals surface area contributed by atoms with Crippen LogP contribution in [0.2, 0.25) is 0 Å². The normalized spacial score (nSPS) is 10.8. The van der Waals surface area contributed by atoms with Gasteiger partial charge in [-0.1, -0.05) is 0 Å². The summed E-state index contributed by atoms with van der Waals surface area (Å²) in [5, 5.41) is 9.05. The molecule has 2 heterocycles. The topological polar surface area (TPSA) is 83.0 Å². The quantitative estimate of drug-likeness (QED) is 0.823. The summed E-state index contributed by atoms with van der Waals surface area (Å²) in [4.78, 5) is 28.6. The van der Waals surface area contributed by atoms with Gasteiger partial charge in [0.1, 0.15) is 4.83 Å². The standard InChI is InChI=1S/C7H2Br2N2O3S/c8-2-1-5(12)10-4(7(13)14)11-6(1)15-3(2)9/h(H,13,14)(H,10,11,12). The summed E-state index contributed by atoms with van der Waals surface area (Å²) in [5.41, 5.74) is -0.466. The number of rotatable bonds is 1. The van der Waals surface area contributed by atoms with Crippen molar-refractivity contribution in [1.82, 2.24) is 9.97 Å². The Hall–Kier alpha value is -0.730. The van der Waals surface area contributed by atoms with Crippen molar-refractivity contribution in [3.05, 3.63) is 24.4 Å². The SMILES string of the molecule is O=C(O)c1nc2sc(Br)c(Br)c2c(=O)[nH]1. The van der Waals surface area contributed by atoms with Crippen LogP contribution < -0.4 is 5.56 Å². The first kappa shape index (κ1) is 10.8. The fourth-order valence-corrected chi connectivity index (χ4v) is 3.24. The van der Waals surface area contributed by atoms with Gasteiger partial charge < -0.3 is 10.1 Å². The molecule has 0 saturated heterocycles. The van der Waals surface area contributed by atoms with E-state index < -0.39 is 11.5 Å². The molecule has 2 aromatic heterocycles. The third kappa shape index (κ3) is 1.72. The van der Waals surface area contributed by atoms with Crippen LogP contribution in [0.15, 0.2) is 13.1 Å². The molecule has 0 aliphatic heterocycles. The number of halogens is 2. The van der Waals surface area contributed by atoms with Gasteiger partial charge >= 0.3 is 5.97 Å². The summed E-state index contributed by atoms with van der Waals surface area (Å²) in [6.45, 7) is 0. The van der Waals surface area contributed by atoms with E-state index in [1.807, 2.05) is 0 Å². The largest absolute Gasteiger partial charge is 0.475 e. The fourth-order valence-electron chi connectivity index (χ4n) is 1.05. The Morgan fingerprint density at radius 2 is 2.13 bits per heavy atom. The van der Waals surface area contributed by atoms with E-state index in [9.17, 15) is 9.59 Å². The third-order valence-corrected chi connectivity index (χ3v) is 5.01. The van der Waals surface area contributed by atoms with E-state index in [0.717, 1.165) is 0 Å². The van der Waals surface area contributed by atoms with Crippen molar-refractivity contribution in [2.24, 2.45) is 0 Å². The highest BCUT2D eigenvalue weighted by atomic mass is 79.9. The van der Waals surface area contributed by atoms with E-state index in [-0.39, 0.29) is 5.82 Å². The van der Waals surface area contributed by atoms with E-state index in [4.69, 9.17) is 5.11 Å². The lowest BCUT2D eigenvalue weighted by Gasteiger charge is -1.93. The van der Waals surface area contributed by atoms with Crippen LogP contribution in [0.5, 0.6) is 0 Å². The van der Waals surface area contributed by atoms with Crippen LogP contribution in [0.1, 0.15) is 10.6 Å². The maximum atomic E-state index is 11.5. The number of carboxylic acids is 1. The van der Waals surface area contributed by atoms with Crippen molar-refractivity contribution < 1.29 is 9.90 Å². The maximum Gasteiger partial charge on any atom is 0.372 e. The van der Waals surface area contributed by atoms with Gasteiger partial charge in [0, 0.05) is 0 Å². The van der Waals surface area contributed by atoms with Gasteiger partial charge in [-0.3, -0.25) is 4.79 Å². The molecule has 0 aliphatic rings. The van der Waals surface area contributed by atoms with E-state index in [0.29, 0.717) is 18.5 Å². The van der Waals surface area contributed by atoms with E-state index >= 15 is 0 Å². The Morgan fingerprint density at radius 1 is 1.47 bits per heavy atom. The molecule has 78 valence electrons. The minimum Gasteiger partial charge on any atom is -0.475 e. The van der Waals surface area contributed by atoms with Gasteiger partial charge in [-0.15, -0.1) is 11.3 Å². The van der Waals surface area contributed by atoms with Gasteiger partial charge in [-0.05, 0) is 31.9 Å². The summed E-state index contributed by atoms with van der Waals surface area (Å²) >= 11 is 7.65. The fraction of sp³-hybridized carbons (Fsp3) is 0. The van der Waals surface area contributed by atoms with Gasteiger partial charge in [0.25, 0.3) is 5.56 Å². The van der Waals surface area contributed by atoms with Crippen LogP contribution in [0.4, 0.5) is 0 Å². The number of H-pyrrole nitrogens is 1. The summed E-state index contributed by atoms with van der Waals surface area (Å²) < 4.78 is 1.30. The molecule has 0 spiro atoms. The smallest absolute Gasteiger partial charge is 0.372 e. The lowest BCUT2D eigenvalue weighted by atomic mass is 10.4. The van der Waals surface area contributed by atoms with Crippen LogP contribution in [-0.2, 0) is 0 Å². The summed E-state index contributed by atoms with van der Waals surface area (Å²) in [5.74, 6) is -1.61. The molecule has 2 aromatic rings. The number of aromatic carboxylic acids is 1. The van der Waals surface area contributed by atoms with Crippen molar-refractivity contribution in [2.45, 2.75) is 0 Å². The number of aromatic nitrogens is 2. The number of fused-ring (bicyclic) bond motifs is 1. The van der Waals surface area contributed by atoms with Crippen molar-refractivity contribution in [3.8, 4) is 0 Å². The minimum atomic E-state index is -1.25. The Balaban J connectivity index is 2.90. The van der Waals surface area contributed by atoms with E-state index in [2.05, 4.69) is 41.8 Å². The van der Waals surface area contributed by atoms with Crippen molar-refractivity contribution in [3.63, 3.8) is 0 Å². The zero-order valence-electron chi connectivity index (χ0n) is 6.88. The van der Waals surface area contributed by atoms with Crippen molar-refractivity contribution in [1.29, 1.82) is 0 Å². The van der Waals surface area contributed by atoms with Gasteiger partial charge in [0.05, 0.1) is 13.6 Å². The monoisotopic (exact) mass is 352 g/mol. The molecule has 8 heteroatoms. The number of hydrogen-bond acceptors (Lipinski definition) is 4. The third-order valence-electron chi connectivity index (χ3n) is 1.67. The van der Waals surface area contributed by atoms with Crippen molar-refractivity contribution in [2.75, 3.05) is 0 Å². The highest BCUT2D eigenvalue weighted by Crippen LogP contribution is 2.36. The average Bonchev–Trinajstić information content (AvgIpc) is 2.42. The Bertz CT molecular complexity index is 618. The number of nitrogens with one attached hydrogen (secondary N) is 1. The molecule has 0 saturated carbocycles. The Kier molecular flexibility index (Phi) is 2.65. The van der Waals surface area contributed by atoms with Gasteiger partial charge in [0.2, 0.25) is 5.82 Å². The first-order chi connectivity index (χ1) is 7.00. The molecular weight excluding hydrogens is 352 g/mol. The summed E-state index contributed by atoms with van der Waals surface area (Å²) in [6, 6.07) is 0. The predicted molar refractivity (Wildman–Crippen MR) is 62.6 cm³/mol. The highest BCUT2D eigenvalue weighted by molar-refractivity contribution is 9.13. The molecule has 5 nitrogen and oxygen atoms in total. The first-order valence-electron chi connectivity index (χ1n) is 3.62. The lowest BCUT2D eigenvalue weighted by molar-refractivity contribution is 0.0683. The van der Waals surface area contributed by atoms with Crippen LogP contribution in [-0.4, -0.2) is 21.0 Å². The lowest BCUT2D eigenvalue weighted by Crippen LogP contribution is -2.14. The highest BCUT2D eigenvalue weighted by Gasteiger charge is 2.16. The van der Waals surface area contributed by atoms with Gasteiger partial charge in [0.15, 0.2) is 0 Å². The number of hydrogen-bond donors (Lipinski definition) is 2. The Morgan fingerprint density at radius 3 is 2.73 bits per heavy atom. The molecule has 2 rings (SSSR count). The molecule has 0 aromatic carbocycles. The number of aromatic amines is 1. The zero-order chi connectivity index (χ0) is 11.2. The number of thiophene rings is 1. The molecular formula is C7H2Br2N2O3S. The average molecular weight is 354 g/mol. The summed E-state index contributed by atoms with van der Waals surface area (Å²) in [7, 11) is 0. The van der Waals surface area contributed by atoms with Crippen molar-refractivity contribution >= 4 is 59.4 Å². The molecule has 0 radical (unpaired) electrons. The second kappa shape index (κ2) is 3.69. The second-order valence-electron chi connectivity index (χ2n) is 2.59. The number of nitrogens with zero attached hydrogens (tertiary/aromatic N) is 1. The Labute approximate surface area is 103 Å². The second-order valence-corrected chi connectivity index (χ2v) is 5.70. The van der Waals surface area contributed by atoms with Crippen LogP contribution in [0.25, 0.3) is 10.2 Å². The molecule has 0 fully saturated rings. The molecule has 0 amide bonds. The van der Waals surface area contributed by atoms with Crippen LogP contribution >= 0.6 is 43.2 Å². The molecule has 15 heavy (non-hydrogen) atoms. The predicted octanol–water partition coefficient (Wildman–Crippen LogP) is 2.21. The number of carbonyl (C=O) groups is 1. The van der Waals surface area contributed by atoms with Gasteiger partial charge in [-0.25, -0.2) is 9.78 Å². The minimum absolute atomic E-state index is 0.353. The van der Waals surface area contributed by atoms with Gasteiger partial charge in [-0.2, -0.15) is 0 Å². The number of carboxylic acid groups (broad SMARTS) is 1. The molecule has 2 N–H and O–H groups in total. The zero-order valence-corrected chi connectivity index (χ0v) is 10.9. The van der Waals surface area contributed by atoms with Crippen LogP contribution in [0.3, 0.4) is 0 Å². The maximum absolute atomic E-state index is 11.5. The molecule has 0 atom stereocenters. The van der Waals surface area contributed by atoms with Crippen LogP contribution in [0, 0.1) is 0 Å². The van der Waals surface area contributed by atoms with E-state index in [1.54, 1.807) is 0 Å². The first-order valence-corrected chi connectivity index (χ1v) is 6.02. The summed E-state index contributed by atoms with van der Waals surface area (Å²) in [6.07, 6.45) is 0. The molecule has 0 unspecified atom stereocenters.